The predicted octanol–water partition coefficient (Wildman–Crippen LogP) is -0.0694. The molecule has 0 aliphatic carbocycles. The summed E-state index contributed by atoms with van der Waals surface area (Å²) in [5, 5.41) is 17.3. The van der Waals surface area contributed by atoms with Gasteiger partial charge in [-0.2, -0.15) is 0 Å². The second-order valence-electron chi connectivity index (χ2n) is 8.85. The number of carboxylic acid groups (broad SMARTS) is 1. The zero-order valence-corrected chi connectivity index (χ0v) is 19.3. The summed E-state index contributed by atoms with van der Waals surface area (Å²) >= 11 is 0. The average Bonchev–Trinajstić information content (AvgIpc) is 3.18. The lowest BCUT2D eigenvalue weighted by molar-refractivity contribution is -0.142. The SMILES string of the molecule is CC(C)C[C@H](NC(=O)[C@H](C)N)C(=O)N[C@@H](CC(C)C)C(=O)N[C@@H](Cc1cnc[nH]1)C(=O)O. The lowest BCUT2D eigenvalue weighted by atomic mass is 9.99. The molecule has 0 fully saturated rings. The van der Waals surface area contributed by atoms with E-state index < -0.39 is 47.9 Å². The maximum absolute atomic E-state index is 12.9. The molecule has 4 atom stereocenters. The van der Waals surface area contributed by atoms with Gasteiger partial charge in [-0.1, -0.05) is 27.7 Å². The first-order valence-corrected chi connectivity index (χ1v) is 10.8. The van der Waals surface area contributed by atoms with Crippen molar-refractivity contribution in [2.24, 2.45) is 17.6 Å². The van der Waals surface area contributed by atoms with E-state index in [2.05, 4.69) is 25.9 Å². The third-order valence-corrected chi connectivity index (χ3v) is 4.69. The van der Waals surface area contributed by atoms with Crippen molar-refractivity contribution in [3.05, 3.63) is 18.2 Å². The summed E-state index contributed by atoms with van der Waals surface area (Å²) in [5.74, 6) is -2.66. The summed E-state index contributed by atoms with van der Waals surface area (Å²) in [6.07, 6.45) is 3.57. The van der Waals surface area contributed by atoms with Gasteiger partial charge in [-0.15, -0.1) is 0 Å². The first kappa shape index (κ1) is 27.1. The van der Waals surface area contributed by atoms with Gasteiger partial charge in [-0.3, -0.25) is 14.4 Å². The third-order valence-electron chi connectivity index (χ3n) is 4.69. The molecule has 1 heterocycles. The van der Waals surface area contributed by atoms with Crippen molar-refractivity contribution in [2.45, 2.75) is 78.0 Å². The molecule has 11 heteroatoms. The number of aromatic amines is 1. The molecule has 7 N–H and O–H groups in total. The minimum atomic E-state index is -1.20. The fraction of sp³-hybridized carbons (Fsp3) is 0.667. The molecule has 1 rings (SSSR count). The Hall–Kier alpha value is -2.95. The maximum atomic E-state index is 12.9. The minimum absolute atomic E-state index is 0.0177. The van der Waals surface area contributed by atoms with Crippen molar-refractivity contribution < 1.29 is 24.3 Å². The van der Waals surface area contributed by atoms with Gasteiger partial charge in [-0.25, -0.2) is 9.78 Å². The van der Waals surface area contributed by atoms with Crippen molar-refractivity contribution in [1.29, 1.82) is 0 Å². The molecule has 1 aromatic heterocycles. The molecule has 0 saturated carbocycles. The number of amides is 3. The van der Waals surface area contributed by atoms with Gasteiger partial charge in [0.15, 0.2) is 0 Å². The van der Waals surface area contributed by atoms with Crippen molar-refractivity contribution >= 4 is 23.7 Å². The van der Waals surface area contributed by atoms with E-state index in [1.54, 1.807) is 0 Å². The van der Waals surface area contributed by atoms with E-state index in [0.717, 1.165) is 0 Å². The zero-order chi connectivity index (χ0) is 24.4. The van der Waals surface area contributed by atoms with Gasteiger partial charge < -0.3 is 31.8 Å². The number of nitrogens with zero attached hydrogens (tertiary/aromatic N) is 1. The summed E-state index contributed by atoms with van der Waals surface area (Å²) in [7, 11) is 0. The van der Waals surface area contributed by atoms with Crippen molar-refractivity contribution in [3.63, 3.8) is 0 Å². The molecule has 0 unspecified atom stereocenters. The van der Waals surface area contributed by atoms with E-state index in [1.807, 2.05) is 27.7 Å². The minimum Gasteiger partial charge on any atom is -0.480 e. The first-order chi connectivity index (χ1) is 14.9. The lowest BCUT2D eigenvalue weighted by Crippen LogP contribution is -2.57. The number of aromatic nitrogens is 2. The molecule has 11 nitrogen and oxygen atoms in total. The first-order valence-electron chi connectivity index (χ1n) is 10.8. The van der Waals surface area contributed by atoms with E-state index in [1.165, 1.54) is 19.4 Å². The van der Waals surface area contributed by atoms with Crippen LogP contribution >= 0.6 is 0 Å². The third kappa shape index (κ3) is 9.46. The predicted molar refractivity (Wildman–Crippen MR) is 118 cm³/mol. The van der Waals surface area contributed by atoms with E-state index in [0.29, 0.717) is 18.5 Å². The Morgan fingerprint density at radius 3 is 1.75 bits per heavy atom. The second-order valence-corrected chi connectivity index (χ2v) is 8.85. The Labute approximate surface area is 188 Å². The number of hydrogen-bond acceptors (Lipinski definition) is 6. The topological polar surface area (TPSA) is 179 Å². The molecule has 0 radical (unpaired) electrons. The highest BCUT2D eigenvalue weighted by atomic mass is 16.4. The number of imidazole rings is 1. The monoisotopic (exact) mass is 452 g/mol. The number of carboxylic acids is 1. The molecular weight excluding hydrogens is 416 g/mol. The molecule has 1 aromatic rings. The molecule has 32 heavy (non-hydrogen) atoms. The van der Waals surface area contributed by atoms with Gasteiger partial charge in [-0.05, 0) is 31.6 Å². The van der Waals surface area contributed by atoms with Crippen LogP contribution in [0.3, 0.4) is 0 Å². The van der Waals surface area contributed by atoms with Gasteiger partial charge in [0.1, 0.15) is 18.1 Å². The molecule has 0 aromatic carbocycles. The Bertz CT molecular complexity index is 763. The molecule has 0 aliphatic rings. The highest BCUT2D eigenvalue weighted by Gasteiger charge is 2.30. The Morgan fingerprint density at radius 1 is 0.906 bits per heavy atom. The largest absolute Gasteiger partial charge is 0.480 e. The van der Waals surface area contributed by atoms with Crippen LogP contribution in [0.15, 0.2) is 12.5 Å². The van der Waals surface area contributed by atoms with Crippen LogP contribution in [-0.4, -0.2) is 62.9 Å². The van der Waals surface area contributed by atoms with Crippen molar-refractivity contribution in [2.75, 3.05) is 0 Å². The number of aliphatic carboxylic acids is 1. The van der Waals surface area contributed by atoms with Gasteiger partial charge in [0.25, 0.3) is 0 Å². The van der Waals surface area contributed by atoms with Crippen LogP contribution in [0.1, 0.15) is 53.2 Å². The number of H-pyrrole nitrogens is 1. The van der Waals surface area contributed by atoms with Gasteiger partial charge in [0, 0.05) is 18.3 Å². The molecule has 0 bridgehead atoms. The fourth-order valence-corrected chi connectivity index (χ4v) is 3.07. The second kappa shape index (κ2) is 12.8. The number of hydrogen-bond donors (Lipinski definition) is 6. The lowest BCUT2D eigenvalue weighted by Gasteiger charge is -2.26. The smallest absolute Gasteiger partial charge is 0.326 e. The van der Waals surface area contributed by atoms with Crippen LogP contribution in [-0.2, 0) is 25.6 Å². The van der Waals surface area contributed by atoms with E-state index >= 15 is 0 Å². The standard InChI is InChI=1S/C21H36N6O5/c1-11(2)6-15(25-18(28)13(5)22)19(29)26-16(7-12(3)4)20(30)27-17(21(31)32)8-14-9-23-10-24-14/h9-13,15-17H,6-8,22H2,1-5H3,(H,23,24)(H,25,28)(H,26,29)(H,27,30)(H,31,32)/t13-,15-,16-,17-/m0/s1. The molecule has 0 aliphatic heterocycles. The van der Waals surface area contributed by atoms with Crippen LogP contribution in [0, 0.1) is 11.8 Å². The van der Waals surface area contributed by atoms with Gasteiger partial charge in [0.05, 0.1) is 12.4 Å². The van der Waals surface area contributed by atoms with Crippen LogP contribution in [0.5, 0.6) is 0 Å². The van der Waals surface area contributed by atoms with E-state index in [-0.39, 0.29) is 18.3 Å². The van der Waals surface area contributed by atoms with Gasteiger partial charge in [0.2, 0.25) is 17.7 Å². The van der Waals surface area contributed by atoms with Crippen molar-refractivity contribution in [1.82, 2.24) is 25.9 Å². The average molecular weight is 453 g/mol. The van der Waals surface area contributed by atoms with Crippen LogP contribution in [0.2, 0.25) is 0 Å². The van der Waals surface area contributed by atoms with Crippen LogP contribution < -0.4 is 21.7 Å². The summed E-state index contributed by atoms with van der Waals surface area (Å²) in [5.41, 5.74) is 6.15. The zero-order valence-electron chi connectivity index (χ0n) is 19.3. The van der Waals surface area contributed by atoms with E-state index in [4.69, 9.17) is 5.73 Å². The Balaban J connectivity index is 2.95. The van der Waals surface area contributed by atoms with E-state index in [9.17, 15) is 24.3 Å². The van der Waals surface area contributed by atoms with Crippen molar-refractivity contribution in [3.8, 4) is 0 Å². The molecule has 180 valence electrons. The number of rotatable bonds is 13. The van der Waals surface area contributed by atoms with Crippen LogP contribution in [0.4, 0.5) is 0 Å². The molecule has 0 spiro atoms. The maximum Gasteiger partial charge on any atom is 0.326 e. The summed E-state index contributed by atoms with van der Waals surface area (Å²) in [6.45, 7) is 9.10. The number of carbonyl (C=O) groups is 4. The normalized spacial score (nSPS) is 15.0. The molecule has 0 saturated heterocycles. The summed E-state index contributed by atoms with van der Waals surface area (Å²) in [6, 6.07) is -3.81. The molecule has 3 amide bonds. The Kier molecular flexibility index (Phi) is 10.8. The summed E-state index contributed by atoms with van der Waals surface area (Å²) in [4.78, 5) is 56.2. The highest BCUT2D eigenvalue weighted by Crippen LogP contribution is 2.10. The quantitative estimate of drug-likeness (QED) is 0.242. The fourth-order valence-electron chi connectivity index (χ4n) is 3.07. The number of nitrogens with two attached hydrogens (primary N) is 1. The highest BCUT2D eigenvalue weighted by molar-refractivity contribution is 5.94. The number of carbonyl (C=O) groups excluding carboxylic acids is 3. The Morgan fingerprint density at radius 2 is 1.38 bits per heavy atom. The molecular formula is C21H36N6O5. The summed E-state index contributed by atoms with van der Waals surface area (Å²) < 4.78 is 0. The van der Waals surface area contributed by atoms with Crippen LogP contribution in [0.25, 0.3) is 0 Å². The van der Waals surface area contributed by atoms with Gasteiger partial charge >= 0.3 is 5.97 Å². The number of nitrogens with one attached hydrogen (secondary N) is 4.